The first kappa shape index (κ1) is 19.9. The largest absolute Gasteiger partial charge is 0.507 e. The molecule has 0 aliphatic carbocycles. The molecule has 2 saturated heterocycles. The molecule has 0 unspecified atom stereocenters. The third kappa shape index (κ3) is 4.27. The molecule has 35 heavy (non-hydrogen) atoms. The van der Waals surface area contributed by atoms with E-state index in [0.717, 1.165) is 19.3 Å². The molecular formula is C25H30FN7O2. The maximum absolute atomic E-state index is 15.6. The fraction of sp³-hybridized carbons (Fsp3) is 0.480. The summed E-state index contributed by atoms with van der Waals surface area (Å²) in [4.78, 5) is 6.21. The Hall–Kier alpha value is -3.40. The van der Waals surface area contributed by atoms with Gasteiger partial charge in [0.25, 0.3) is 0 Å². The van der Waals surface area contributed by atoms with Crippen molar-refractivity contribution in [2.24, 2.45) is 0 Å². The minimum Gasteiger partial charge on any atom is -0.507 e. The van der Waals surface area contributed by atoms with Crippen molar-refractivity contribution >= 4 is 5.82 Å². The first-order chi connectivity index (χ1) is 17.9. The molecule has 2 aliphatic rings. The molecule has 0 saturated carbocycles. The number of fused-ring (bicyclic) bond motifs is 2. The summed E-state index contributed by atoms with van der Waals surface area (Å²) in [5.74, 6) is 0.406. The molecule has 2 bridgehead atoms. The van der Waals surface area contributed by atoms with Gasteiger partial charge >= 0.3 is 0 Å². The van der Waals surface area contributed by atoms with E-state index in [4.69, 9.17) is 8.85 Å². The number of hydrogen-bond donors (Lipinski definition) is 2. The lowest BCUT2D eigenvalue weighted by Gasteiger charge is -2.56. The lowest BCUT2D eigenvalue weighted by molar-refractivity contribution is 0.00193. The zero-order valence-corrected chi connectivity index (χ0v) is 19.9. The minimum atomic E-state index is -2.66. The second kappa shape index (κ2) is 8.67. The van der Waals surface area contributed by atoms with E-state index in [2.05, 4.69) is 37.6 Å². The van der Waals surface area contributed by atoms with Gasteiger partial charge in [-0.25, -0.2) is 9.37 Å². The third-order valence-electron chi connectivity index (χ3n) is 7.34. The Morgan fingerprint density at radius 3 is 2.77 bits per heavy atom. The summed E-state index contributed by atoms with van der Waals surface area (Å²) in [5, 5.41) is 30.2. The number of aromatic hydroxyl groups is 1. The van der Waals surface area contributed by atoms with Crippen LogP contribution in [0.15, 0.2) is 36.7 Å². The van der Waals surface area contributed by atoms with Crippen LogP contribution in [0.3, 0.4) is 0 Å². The molecule has 0 radical (unpaired) electrons. The number of hydrogen-bond acceptors (Lipinski definition) is 9. The van der Waals surface area contributed by atoms with Gasteiger partial charge in [0.15, 0.2) is 11.6 Å². The SMILES string of the molecule is [2H]C([2H])([2H])Oc1cc(-c2ccc(-c3ncc(N(C)[C@@H]4C[C@@]5(C)CCC[C@](C)(N5)[C@@H]4F)nn3)c(O)c2)cnn1. The van der Waals surface area contributed by atoms with Gasteiger partial charge in [-0.15, -0.1) is 15.3 Å². The molecule has 3 aromatic rings. The minimum absolute atomic E-state index is 0.101. The Kier molecular flexibility index (Phi) is 4.92. The Bertz CT molecular complexity index is 1330. The van der Waals surface area contributed by atoms with Crippen molar-refractivity contribution in [2.75, 3.05) is 19.0 Å². The van der Waals surface area contributed by atoms with Crippen LogP contribution in [0.25, 0.3) is 22.5 Å². The zero-order chi connectivity index (χ0) is 27.3. The van der Waals surface area contributed by atoms with Gasteiger partial charge < -0.3 is 20.1 Å². The van der Waals surface area contributed by atoms with Crippen LogP contribution >= 0.6 is 0 Å². The lowest BCUT2D eigenvalue weighted by Crippen LogP contribution is -2.72. The van der Waals surface area contributed by atoms with E-state index in [-0.39, 0.29) is 29.0 Å². The summed E-state index contributed by atoms with van der Waals surface area (Å²) < 4.78 is 42.1. The molecule has 4 heterocycles. The van der Waals surface area contributed by atoms with Crippen molar-refractivity contribution in [3.63, 3.8) is 0 Å². The van der Waals surface area contributed by atoms with Gasteiger partial charge in [0.1, 0.15) is 11.9 Å². The number of nitrogens with zero attached hydrogens (tertiary/aromatic N) is 6. The Balaban J connectivity index is 1.35. The van der Waals surface area contributed by atoms with Gasteiger partial charge in [-0.05, 0) is 57.2 Å². The van der Waals surface area contributed by atoms with Crippen LogP contribution in [0.1, 0.15) is 43.6 Å². The number of halogens is 1. The second-order valence-corrected chi connectivity index (χ2v) is 10.00. The maximum Gasteiger partial charge on any atom is 0.233 e. The average molecular weight is 483 g/mol. The summed E-state index contributed by atoms with van der Waals surface area (Å²) in [6.45, 7) is 4.11. The van der Waals surface area contributed by atoms with Gasteiger partial charge in [0.05, 0.1) is 35.1 Å². The van der Waals surface area contributed by atoms with E-state index < -0.39 is 18.7 Å². The Morgan fingerprint density at radius 2 is 2.03 bits per heavy atom. The normalized spacial score (nSPS) is 29.5. The molecule has 2 aromatic heterocycles. The first-order valence-corrected chi connectivity index (χ1v) is 11.6. The number of benzene rings is 1. The molecule has 2 N–H and O–H groups in total. The molecule has 2 fully saturated rings. The Labute approximate surface area is 208 Å². The smallest absolute Gasteiger partial charge is 0.233 e. The molecule has 10 heteroatoms. The number of phenols is 1. The van der Waals surface area contributed by atoms with E-state index in [1.807, 2.05) is 18.9 Å². The van der Waals surface area contributed by atoms with Crippen molar-refractivity contribution in [1.29, 1.82) is 0 Å². The number of nitrogens with one attached hydrogen (secondary N) is 1. The van der Waals surface area contributed by atoms with Gasteiger partial charge in [-0.3, -0.25) is 0 Å². The highest BCUT2D eigenvalue weighted by Crippen LogP contribution is 2.43. The molecule has 4 atom stereocenters. The topological polar surface area (TPSA) is 109 Å². The molecule has 184 valence electrons. The van der Waals surface area contributed by atoms with Gasteiger partial charge in [-0.1, -0.05) is 6.07 Å². The van der Waals surface area contributed by atoms with Crippen LogP contribution in [-0.4, -0.2) is 67.9 Å². The highest BCUT2D eigenvalue weighted by atomic mass is 19.1. The summed E-state index contributed by atoms with van der Waals surface area (Å²) in [5.41, 5.74) is 0.714. The van der Waals surface area contributed by atoms with Crippen LogP contribution in [0.2, 0.25) is 0 Å². The molecule has 0 spiro atoms. The van der Waals surface area contributed by atoms with Crippen molar-refractivity contribution in [2.45, 2.75) is 62.8 Å². The number of aromatic nitrogens is 5. The van der Waals surface area contributed by atoms with Crippen LogP contribution in [0.5, 0.6) is 11.6 Å². The predicted octanol–water partition coefficient (Wildman–Crippen LogP) is 3.55. The molecule has 1 aromatic carbocycles. The van der Waals surface area contributed by atoms with E-state index in [9.17, 15) is 5.11 Å². The number of alkyl halides is 1. The number of phenolic OH excluding ortho intramolecular Hbond substituents is 1. The third-order valence-corrected chi connectivity index (χ3v) is 7.34. The van der Waals surface area contributed by atoms with Crippen LogP contribution in [0.4, 0.5) is 10.2 Å². The highest BCUT2D eigenvalue weighted by molar-refractivity contribution is 5.72. The molecule has 9 nitrogen and oxygen atoms in total. The maximum atomic E-state index is 15.6. The van der Waals surface area contributed by atoms with E-state index in [1.54, 1.807) is 12.1 Å². The summed E-state index contributed by atoms with van der Waals surface area (Å²) in [6.07, 6.45) is 5.33. The van der Waals surface area contributed by atoms with Gasteiger partial charge in [-0.2, -0.15) is 5.10 Å². The van der Waals surface area contributed by atoms with E-state index in [1.165, 1.54) is 24.5 Å². The van der Waals surface area contributed by atoms with Crippen molar-refractivity contribution in [3.05, 3.63) is 36.7 Å². The number of rotatable bonds is 5. The van der Waals surface area contributed by atoms with E-state index >= 15 is 4.39 Å². The van der Waals surface area contributed by atoms with Crippen LogP contribution in [-0.2, 0) is 0 Å². The van der Waals surface area contributed by atoms with Crippen molar-refractivity contribution < 1.29 is 18.3 Å². The van der Waals surface area contributed by atoms with Crippen molar-refractivity contribution in [1.82, 2.24) is 30.7 Å². The monoisotopic (exact) mass is 482 g/mol. The zero-order valence-electron chi connectivity index (χ0n) is 22.9. The number of methoxy groups -OCH3 is 1. The number of anilines is 1. The second-order valence-electron chi connectivity index (χ2n) is 10.00. The quantitative estimate of drug-likeness (QED) is 0.564. The fourth-order valence-electron chi connectivity index (χ4n) is 5.52. The lowest BCUT2D eigenvalue weighted by atomic mass is 9.68. The molecule has 5 rings (SSSR count). The summed E-state index contributed by atoms with van der Waals surface area (Å²) >= 11 is 0. The van der Waals surface area contributed by atoms with Crippen molar-refractivity contribution in [3.8, 4) is 34.1 Å². The highest BCUT2D eigenvalue weighted by Gasteiger charge is 2.53. The van der Waals surface area contributed by atoms with Crippen LogP contribution in [0, 0.1) is 0 Å². The summed E-state index contributed by atoms with van der Waals surface area (Å²) in [7, 11) is -0.840. The molecular weight excluding hydrogens is 449 g/mol. The number of piperidine rings is 2. The standard InChI is InChI=1S/C25H30FN7O2/c1-24-8-5-9-25(2,32-24)22(26)18(12-24)33(3)20-14-27-23(31-29-20)17-7-6-15(10-19(17)34)16-11-21(35-4)30-28-13-16/h6-7,10-11,13-14,18,22,32,34H,5,8-9,12H2,1-4H3/t18-,22-,24-,25+/m1/s1/i4D3. The number of ether oxygens (including phenoxy) is 1. The first-order valence-electron chi connectivity index (χ1n) is 13.1. The predicted molar refractivity (Wildman–Crippen MR) is 130 cm³/mol. The van der Waals surface area contributed by atoms with Gasteiger partial charge in [0.2, 0.25) is 5.88 Å². The molecule has 0 amide bonds. The summed E-state index contributed by atoms with van der Waals surface area (Å²) in [6, 6.07) is 5.87. The van der Waals surface area contributed by atoms with Crippen LogP contribution < -0.4 is 15.0 Å². The Morgan fingerprint density at radius 1 is 1.17 bits per heavy atom. The molecule has 2 aliphatic heterocycles. The fourth-order valence-corrected chi connectivity index (χ4v) is 5.52. The average Bonchev–Trinajstić information content (AvgIpc) is 2.85. The van der Waals surface area contributed by atoms with Gasteiger partial charge in [0, 0.05) is 29.8 Å². The van der Waals surface area contributed by atoms with E-state index in [0.29, 0.717) is 28.9 Å².